The van der Waals surface area contributed by atoms with Crippen LogP contribution in [0.2, 0.25) is 0 Å². The van der Waals surface area contributed by atoms with Crippen LogP contribution in [0.15, 0.2) is 22.7 Å². The van der Waals surface area contributed by atoms with Crippen LogP contribution in [-0.2, 0) is 0 Å². The first-order chi connectivity index (χ1) is 6.16. The molecule has 0 unspecified atom stereocenters. The van der Waals surface area contributed by atoms with Crippen molar-refractivity contribution in [3.63, 3.8) is 0 Å². The monoisotopic (exact) mass is 280 g/mol. The molecule has 0 fully saturated rings. The minimum Gasteiger partial charge on any atom is -0.476 e. The van der Waals surface area contributed by atoms with Crippen molar-refractivity contribution in [3.8, 4) is 0 Å². The summed E-state index contributed by atoms with van der Waals surface area (Å²) in [6, 6.07) is 5.52. The van der Waals surface area contributed by atoms with E-state index in [9.17, 15) is 4.79 Å². The number of hydrogen-bond acceptors (Lipinski definition) is 3. The van der Waals surface area contributed by atoms with Crippen LogP contribution in [0, 0.1) is 0 Å². The van der Waals surface area contributed by atoms with Crippen molar-refractivity contribution in [1.82, 2.24) is 4.98 Å². The Morgan fingerprint density at radius 2 is 2.21 bits per heavy atom. The molecule has 0 bridgehead atoms. The van der Waals surface area contributed by atoms with Gasteiger partial charge in [-0.05, 0) is 18.2 Å². The minimum atomic E-state index is -0.975. The topological polar surface area (TPSA) is 50.2 Å². The number of benzene rings is 1. The molecular formula is C8H4BrNNaO2S. The standard InChI is InChI=1S/C8H4BrNO2S.Na/c9-4-1-2-6-5(3-4)10-7(13-6)8(11)12;/h1-3H,(H,11,12);. The predicted octanol–water partition coefficient (Wildman–Crippen LogP) is 2.38. The summed E-state index contributed by atoms with van der Waals surface area (Å²) in [5, 5.41) is 8.82. The maximum Gasteiger partial charge on any atom is 0.365 e. The molecule has 0 saturated carbocycles. The zero-order valence-corrected chi connectivity index (χ0v) is 11.7. The van der Waals surface area contributed by atoms with E-state index in [2.05, 4.69) is 20.9 Å². The number of aromatic nitrogens is 1. The second kappa shape index (κ2) is 4.72. The summed E-state index contributed by atoms with van der Waals surface area (Å²) in [6.45, 7) is 0. The van der Waals surface area contributed by atoms with E-state index in [1.54, 1.807) is 6.07 Å². The summed E-state index contributed by atoms with van der Waals surface area (Å²) in [5.41, 5.74) is 0.719. The van der Waals surface area contributed by atoms with Gasteiger partial charge in [0, 0.05) is 34.0 Å². The molecule has 0 amide bonds. The van der Waals surface area contributed by atoms with E-state index < -0.39 is 5.97 Å². The van der Waals surface area contributed by atoms with Gasteiger partial charge in [-0.15, -0.1) is 11.3 Å². The molecule has 2 aromatic rings. The first kappa shape index (κ1) is 12.1. The van der Waals surface area contributed by atoms with Gasteiger partial charge < -0.3 is 5.11 Å². The van der Waals surface area contributed by atoms with Crippen LogP contribution in [0.1, 0.15) is 9.80 Å². The molecule has 3 nitrogen and oxygen atoms in total. The molecule has 1 aromatic heterocycles. The molecule has 1 N–H and O–H groups in total. The number of carbonyl (C=O) groups is 1. The third kappa shape index (κ3) is 2.35. The van der Waals surface area contributed by atoms with Crippen LogP contribution in [0.25, 0.3) is 10.2 Å². The van der Waals surface area contributed by atoms with E-state index in [4.69, 9.17) is 5.11 Å². The molecule has 1 radical (unpaired) electrons. The number of fused-ring (bicyclic) bond motifs is 1. The SMILES string of the molecule is O=C(O)c1nc2cc(Br)ccc2s1.[Na]. The molecule has 6 heteroatoms. The van der Waals surface area contributed by atoms with Gasteiger partial charge in [0.05, 0.1) is 10.2 Å². The smallest absolute Gasteiger partial charge is 0.365 e. The molecule has 0 aliphatic carbocycles. The number of thiazole rings is 1. The number of halogens is 1. The third-order valence-electron chi connectivity index (χ3n) is 1.53. The van der Waals surface area contributed by atoms with Gasteiger partial charge in [-0.2, -0.15) is 0 Å². The van der Waals surface area contributed by atoms with Gasteiger partial charge in [-0.3, -0.25) is 0 Å². The number of carboxylic acid groups (broad SMARTS) is 1. The molecule has 0 aliphatic heterocycles. The van der Waals surface area contributed by atoms with Crippen LogP contribution >= 0.6 is 27.3 Å². The van der Waals surface area contributed by atoms with Gasteiger partial charge >= 0.3 is 5.97 Å². The molecule has 2 rings (SSSR count). The van der Waals surface area contributed by atoms with Gasteiger partial charge in [-0.25, -0.2) is 9.78 Å². The summed E-state index contributed by atoms with van der Waals surface area (Å²) in [6.07, 6.45) is 0. The summed E-state index contributed by atoms with van der Waals surface area (Å²) < 4.78 is 1.79. The second-order valence-electron chi connectivity index (χ2n) is 2.44. The van der Waals surface area contributed by atoms with Crippen LogP contribution in [-0.4, -0.2) is 45.6 Å². The van der Waals surface area contributed by atoms with E-state index in [-0.39, 0.29) is 34.6 Å². The predicted molar refractivity (Wildman–Crippen MR) is 60.0 cm³/mol. The molecule has 1 heterocycles. The molecule has 1 aromatic carbocycles. The Bertz CT molecular complexity index is 485. The maximum absolute atomic E-state index is 10.6. The van der Waals surface area contributed by atoms with Crippen LogP contribution < -0.4 is 0 Å². The fraction of sp³-hybridized carbons (Fsp3) is 0. The molecule has 67 valence electrons. The average molecular weight is 281 g/mol. The Morgan fingerprint density at radius 3 is 2.86 bits per heavy atom. The molecule has 0 aliphatic rings. The fourth-order valence-electron chi connectivity index (χ4n) is 0.992. The van der Waals surface area contributed by atoms with E-state index in [0.717, 1.165) is 14.7 Å². The van der Waals surface area contributed by atoms with Gasteiger partial charge in [0.15, 0.2) is 0 Å². The molecule has 0 atom stereocenters. The van der Waals surface area contributed by atoms with Crippen molar-refractivity contribution in [1.29, 1.82) is 0 Å². The van der Waals surface area contributed by atoms with Gasteiger partial charge in [0.2, 0.25) is 5.01 Å². The van der Waals surface area contributed by atoms with Crippen molar-refractivity contribution in [2.45, 2.75) is 0 Å². The zero-order valence-electron chi connectivity index (χ0n) is 7.32. The Labute approximate surface area is 115 Å². The largest absolute Gasteiger partial charge is 0.476 e. The van der Waals surface area contributed by atoms with Crippen LogP contribution in [0.3, 0.4) is 0 Å². The van der Waals surface area contributed by atoms with Gasteiger partial charge in [0.25, 0.3) is 0 Å². The Morgan fingerprint density at radius 1 is 1.50 bits per heavy atom. The first-order valence-corrected chi connectivity index (χ1v) is 5.07. The zero-order chi connectivity index (χ0) is 9.42. The number of nitrogens with zero attached hydrogens (tertiary/aromatic N) is 1. The van der Waals surface area contributed by atoms with Crippen molar-refractivity contribution >= 4 is 73.0 Å². The summed E-state index contributed by atoms with van der Waals surface area (Å²) >= 11 is 4.48. The van der Waals surface area contributed by atoms with Crippen molar-refractivity contribution < 1.29 is 9.90 Å². The Hall–Kier alpha value is 0.0600. The summed E-state index contributed by atoms with van der Waals surface area (Å²) in [5.74, 6) is -0.975. The molecule has 14 heavy (non-hydrogen) atoms. The molecular weight excluding hydrogens is 277 g/mol. The van der Waals surface area contributed by atoms with Crippen LogP contribution in [0.4, 0.5) is 0 Å². The normalized spacial score (nSPS) is 9.79. The molecule has 0 saturated heterocycles. The van der Waals surface area contributed by atoms with Crippen molar-refractivity contribution in [2.75, 3.05) is 0 Å². The fourth-order valence-corrected chi connectivity index (χ4v) is 2.13. The first-order valence-electron chi connectivity index (χ1n) is 3.46. The van der Waals surface area contributed by atoms with E-state index >= 15 is 0 Å². The quantitative estimate of drug-likeness (QED) is 0.816. The number of carboxylic acids is 1. The summed E-state index contributed by atoms with van der Waals surface area (Å²) in [4.78, 5) is 14.6. The van der Waals surface area contributed by atoms with Crippen molar-refractivity contribution in [3.05, 3.63) is 27.7 Å². The second-order valence-corrected chi connectivity index (χ2v) is 4.38. The Balaban J connectivity index is 0.000000980. The van der Waals surface area contributed by atoms with Crippen LogP contribution in [0.5, 0.6) is 0 Å². The van der Waals surface area contributed by atoms with E-state index in [1.807, 2.05) is 12.1 Å². The number of hydrogen-bond donors (Lipinski definition) is 1. The summed E-state index contributed by atoms with van der Waals surface area (Å²) in [7, 11) is 0. The third-order valence-corrected chi connectivity index (χ3v) is 3.05. The van der Waals surface area contributed by atoms with Crippen molar-refractivity contribution in [2.24, 2.45) is 0 Å². The van der Waals surface area contributed by atoms with Gasteiger partial charge in [-0.1, -0.05) is 15.9 Å². The maximum atomic E-state index is 10.6. The Kier molecular flexibility index (Phi) is 4.09. The molecule has 0 spiro atoms. The van der Waals surface area contributed by atoms with E-state index in [1.165, 1.54) is 11.3 Å². The van der Waals surface area contributed by atoms with E-state index in [0.29, 0.717) is 0 Å². The van der Waals surface area contributed by atoms with Gasteiger partial charge in [0.1, 0.15) is 0 Å². The number of aromatic carboxylic acids is 1. The minimum absolute atomic E-state index is 0. The average Bonchev–Trinajstić information content (AvgIpc) is 2.46. The number of rotatable bonds is 1.